The highest BCUT2D eigenvalue weighted by atomic mass is 32.1. The Morgan fingerprint density at radius 1 is 1.00 bits per heavy atom. The van der Waals surface area contributed by atoms with Crippen LogP contribution in [0.4, 0.5) is 0 Å². The standard InChI is InChI=1S/C15H32O2SSi/c1-5-7-8-9-10-12-15(18)16-13-11-14-19(3,4)17-6-2/h5-14H2,1-4H3. The molecule has 0 saturated carbocycles. The number of thiocarbonyl (C=S) groups is 1. The largest absolute Gasteiger partial charge is 0.487 e. The third-order valence-electron chi connectivity index (χ3n) is 3.21. The quantitative estimate of drug-likeness (QED) is 0.276. The van der Waals surface area contributed by atoms with Crippen molar-refractivity contribution in [2.24, 2.45) is 0 Å². The SMILES string of the molecule is CCCCCCCC(=S)OCCC[Si](C)(C)OCC. The molecule has 0 bridgehead atoms. The van der Waals surface area contributed by atoms with Gasteiger partial charge in [-0.15, -0.1) is 0 Å². The van der Waals surface area contributed by atoms with Crippen LogP contribution in [0.5, 0.6) is 0 Å². The summed E-state index contributed by atoms with van der Waals surface area (Å²) in [6.45, 7) is 10.4. The van der Waals surface area contributed by atoms with Crippen LogP contribution in [0, 0.1) is 0 Å². The smallest absolute Gasteiger partial charge is 0.186 e. The van der Waals surface area contributed by atoms with E-state index in [9.17, 15) is 0 Å². The first-order valence-corrected chi connectivity index (χ1v) is 11.3. The van der Waals surface area contributed by atoms with Crippen molar-refractivity contribution in [3.63, 3.8) is 0 Å². The van der Waals surface area contributed by atoms with E-state index >= 15 is 0 Å². The van der Waals surface area contributed by atoms with E-state index in [4.69, 9.17) is 21.4 Å². The predicted molar refractivity (Wildman–Crippen MR) is 90.5 cm³/mol. The van der Waals surface area contributed by atoms with Crippen molar-refractivity contribution < 1.29 is 9.16 Å². The van der Waals surface area contributed by atoms with Crippen LogP contribution < -0.4 is 0 Å². The lowest BCUT2D eigenvalue weighted by molar-refractivity contribution is 0.291. The number of hydrogen-bond acceptors (Lipinski definition) is 3. The molecule has 0 aromatic heterocycles. The van der Waals surface area contributed by atoms with Crippen LogP contribution in [0.15, 0.2) is 0 Å². The highest BCUT2D eigenvalue weighted by molar-refractivity contribution is 7.80. The first-order valence-electron chi connectivity index (χ1n) is 7.81. The Labute approximate surface area is 126 Å². The van der Waals surface area contributed by atoms with Crippen LogP contribution in [-0.2, 0) is 9.16 Å². The third kappa shape index (κ3) is 12.8. The summed E-state index contributed by atoms with van der Waals surface area (Å²) in [6.07, 6.45) is 8.43. The van der Waals surface area contributed by atoms with Gasteiger partial charge in [0.1, 0.15) is 0 Å². The zero-order valence-corrected chi connectivity index (χ0v) is 15.1. The highest BCUT2D eigenvalue weighted by Crippen LogP contribution is 2.14. The fraction of sp³-hybridized carbons (Fsp3) is 0.933. The number of ether oxygens (including phenoxy) is 1. The maximum absolute atomic E-state index is 5.79. The van der Waals surface area contributed by atoms with Gasteiger partial charge in [-0.1, -0.05) is 32.6 Å². The molecule has 0 saturated heterocycles. The first kappa shape index (κ1) is 19.1. The molecule has 0 aromatic rings. The molecule has 19 heavy (non-hydrogen) atoms. The minimum atomic E-state index is -1.44. The predicted octanol–water partition coefficient (Wildman–Crippen LogP) is 5.32. The van der Waals surface area contributed by atoms with E-state index in [0.29, 0.717) is 0 Å². The van der Waals surface area contributed by atoms with Gasteiger partial charge in [-0.25, -0.2) is 0 Å². The molecular weight excluding hydrogens is 272 g/mol. The summed E-state index contributed by atoms with van der Waals surface area (Å²) in [5.41, 5.74) is 0. The van der Waals surface area contributed by atoms with E-state index in [2.05, 4.69) is 26.9 Å². The normalized spacial score (nSPS) is 11.6. The molecule has 114 valence electrons. The summed E-state index contributed by atoms with van der Waals surface area (Å²) in [5.74, 6) is 0. The van der Waals surface area contributed by atoms with Crippen molar-refractivity contribution in [2.45, 2.75) is 77.9 Å². The summed E-state index contributed by atoms with van der Waals surface area (Å²) in [6, 6.07) is 1.15. The molecule has 4 heteroatoms. The Morgan fingerprint density at radius 2 is 1.68 bits per heavy atom. The van der Waals surface area contributed by atoms with E-state index in [1.807, 2.05) is 0 Å². The molecule has 0 fully saturated rings. The number of hydrogen-bond donors (Lipinski definition) is 0. The topological polar surface area (TPSA) is 18.5 Å². The van der Waals surface area contributed by atoms with E-state index in [1.165, 1.54) is 32.1 Å². The molecule has 0 heterocycles. The van der Waals surface area contributed by atoms with Gasteiger partial charge in [0.05, 0.1) is 6.61 Å². The lowest BCUT2D eigenvalue weighted by Crippen LogP contribution is -2.30. The maximum Gasteiger partial charge on any atom is 0.186 e. The van der Waals surface area contributed by atoms with Crippen molar-refractivity contribution in [1.82, 2.24) is 0 Å². The van der Waals surface area contributed by atoms with Crippen molar-refractivity contribution in [3.8, 4) is 0 Å². The van der Waals surface area contributed by atoms with Gasteiger partial charge >= 0.3 is 0 Å². The van der Waals surface area contributed by atoms with Gasteiger partial charge in [-0.2, -0.15) is 0 Å². The van der Waals surface area contributed by atoms with E-state index in [-0.39, 0.29) is 0 Å². The average molecular weight is 305 g/mol. The molecule has 0 aliphatic rings. The highest BCUT2D eigenvalue weighted by Gasteiger charge is 2.20. The number of rotatable bonds is 12. The fourth-order valence-electron chi connectivity index (χ4n) is 2.09. The lowest BCUT2D eigenvalue weighted by atomic mass is 10.1. The molecule has 2 nitrogen and oxygen atoms in total. The Hall–Kier alpha value is 0.0669. The first-order chi connectivity index (χ1) is 9.02. The summed E-state index contributed by atoms with van der Waals surface area (Å²) in [7, 11) is -1.44. The molecular formula is C15H32O2SSi. The molecule has 0 aromatic carbocycles. The summed E-state index contributed by atoms with van der Waals surface area (Å²) in [4.78, 5) is 0. The van der Waals surface area contributed by atoms with Crippen LogP contribution in [0.3, 0.4) is 0 Å². The summed E-state index contributed by atoms with van der Waals surface area (Å²) in [5, 5.41) is 0.799. The number of unbranched alkanes of at least 4 members (excludes halogenated alkanes) is 4. The minimum absolute atomic E-state index is 0.761. The fourth-order valence-corrected chi connectivity index (χ4v) is 4.24. The molecule has 0 aliphatic carbocycles. The Balaban J connectivity index is 3.43. The van der Waals surface area contributed by atoms with Gasteiger partial charge in [0.15, 0.2) is 13.4 Å². The third-order valence-corrected chi connectivity index (χ3v) is 6.16. The minimum Gasteiger partial charge on any atom is -0.487 e. The van der Waals surface area contributed by atoms with E-state index in [0.717, 1.165) is 37.2 Å². The second-order valence-corrected chi connectivity index (χ2v) is 10.4. The molecule has 0 unspecified atom stereocenters. The monoisotopic (exact) mass is 304 g/mol. The van der Waals surface area contributed by atoms with Crippen molar-refractivity contribution >= 4 is 25.6 Å². The van der Waals surface area contributed by atoms with Gasteiger partial charge < -0.3 is 9.16 Å². The van der Waals surface area contributed by atoms with Gasteiger partial charge in [0.25, 0.3) is 0 Å². The van der Waals surface area contributed by atoms with Crippen LogP contribution in [0.1, 0.15) is 58.8 Å². The van der Waals surface area contributed by atoms with Gasteiger partial charge in [0.2, 0.25) is 0 Å². The van der Waals surface area contributed by atoms with Crippen molar-refractivity contribution in [1.29, 1.82) is 0 Å². The Morgan fingerprint density at radius 3 is 2.32 bits per heavy atom. The van der Waals surface area contributed by atoms with E-state index in [1.54, 1.807) is 0 Å². The Kier molecular flexibility index (Phi) is 11.9. The van der Waals surface area contributed by atoms with Crippen molar-refractivity contribution in [3.05, 3.63) is 0 Å². The van der Waals surface area contributed by atoms with Crippen LogP contribution in [-0.4, -0.2) is 26.6 Å². The van der Waals surface area contributed by atoms with Gasteiger partial charge in [-0.05, 0) is 51.1 Å². The summed E-state index contributed by atoms with van der Waals surface area (Å²) < 4.78 is 11.4. The zero-order chi connectivity index (χ0) is 14.6. The van der Waals surface area contributed by atoms with Crippen LogP contribution >= 0.6 is 12.2 Å². The van der Waals surface area contributed by atoms with E-state index < -0.39 is 8.32 Å². The summed E-state index contributed by atoms with van der Waals surface area (Å²) >= 11 is 5.25. The second-order valence-electron chi connectivity index (χ2n) is 5.68. The van der Waals surface area contributed by atoms with Crippen molar-refractivity contribution in [2.75, 3.05) is 13.2 Å². The van der Waals surface area contributed by atoms with Gasteiger partial charge in [-0.3, -0.25) is 0 Å². The zero-order valence-electron chi connectivity index (χ0n) is 13.3. The Bertz CT molecular complexity index is 232. The molecule has 0 amide bonds. The molecule has 0 N–H and O–H groups in total. The second kappa shape index (κ2) is 11.9. The molecule has 0 aliphatic heterocycles. The van der Waals surface area contributed by atoms with Crippen LogP contribution in [0.25, 0.3) is 0 Å². The molecule has 0 radical (unpaired) electrons. The molecule has 0 spiro atoms. The molecule has 0 atom stereocenters. The van der Waals surface area contributed by atoms with Crippen LogP contribution in [0.2, 0.25) is 19.1 Å². The van der Waals surface area contributed by atoms with Gasteiger partial charge in [0, 0.05) is 13.0 Å². The molecule has 0 rings (SSSR count). The maximum atomic E-state index is 5.79. The lowest BCUT2D eigenvalue weighted by Gasteiger charge is -2.21. The average Bonchev–Trinajstić information content (AvgIpc) is 2.34.